The van der Waals surface area contributed by atoms with E-state index in [0.29, 0.717) is 11.4 Å². The van der Waals surface area contributed by atoms with Crippen LogP contribution in [0.5, 0.6) is 0 Å². The zero-order valence-corrected chi connectivity index (χ0v) is 11.8. The molecule has 0 radical (unpaired) electrons. The van der Waals surface area contributed by atoms with E-state index in [-0.39, 0.29) is 0 Å². The summed E-state index contributed by atoms with van der Waals surface area (Å²) in [4.78, 5) is 14.8. The van der Waals surface area contributed by atoms with Crippen molar-refractivity contribution in [1.82, 2.24) is 4.57 Å². The lowest BCUT2D eigenvalue weighted by molar-refractivity contribution is 0.0592. The van der Waals surface area contributed by atoms with Crippen LogP contribution in [-0.4, -0.2) is 17.6 Å². The van der Waals surface area contributed by atoms with E-state index >= 15 is 0 Å². The Balaban J connectivity index is 2.31. The van der Waals surface area contributed by atoms with E-state index in [0.717, 1.165) is 16.6 Å². The van der Waals surface area contributed by atoms with E-state index in [1.807, 2.05) is 41.0 Å². The van der Waals surface area contributed by atoms with E-state index in [1.54, 1.807) is 18.2 Å². The van der Waals surface area contributed by atoms with Crippen LogP contribution in [0.2, 0.25) is 0 Å². The summed E-state index contributed by atoms with van der Waals surface area (Å²) in [5.41, 5.74) is 11.1. The molecule has 0 saturated heterocycles. The fourth-order valence-electron chi connectivity index (χ4n) is 2.43. The Hall–Kier alpha value is -3.24. The predicted molar refractivity (Wildman–Crippen MR) is 83.4 cm³/mol. The van der Waals surface area contributed by atoms with Crippen LogP contribution in [0.4, 0.5) is 5.69 Å². The third-order valence-corrected chi connectivity index (χ3v) is 3.35. The van der Waals surface area contributed by atoms with Crippen molar-refractivity contribution in [3.63, 3.8) is 0 Å². The fourth-order valence-corrected chi connectivity index (χ4v) is 2.43. The van der Waals surface area contributed by atoms with E-state index in [9.17, 15) is 4.79 Å². The van der Waals surface area contributed by atoms with Crippen molar-refractivity contribution in [2.75, 3.05) is 7.11 Å². The Morgan fingerprint density at radius 3 is 2.64 bits per heavy atom. The number of benzene rings is 2. The highest BCUT2D eigenvalue weighted by Gasteiger charge is 2.17. The topological polar surface area (TPSA) is 80.0 Å². The molecular formula is C16H12N4O2. The van der Waals surface area contributed by atoms with Crippen molar-refractivity contribution < 1.29 is 9.53 Å². The molecular weight excluding hydrogens is 280 g/mol. The number of ether oxygens (including phenoxy) is 1. The Morgan fingerprint density at radius 1 is 1.18 bits per heavy atom. The number of para-hydroxylation sites is 1. The maximum absolute atomic E-state index is 12.1. The minimum Gasteiger partial charge on any atom is -0.464 e. The maximum Gasteiger partial charge on any atom is 0.355 e. The van der Waals surface area contributed by atoms with Crippen molar-refractivity contribution in [3.05, 3.63) is 70.7 Å². The normalized spacial score (nSPS) is 10.2. The van der Waals surface area contributed by atoms with E-state index < -0.39 is 5.97 Å². The number of hydrogen-bond acceptors (Lipinski definition) is 3. The van der Waals surface area contributed by atoms with Gasteiger partial charge in [0.1, 0.15) is 5.69 Å². The smallest absolute Gasteiger partial charge is 0.355 e. The summed E-state index contributed by atoms with van der Waals surface area (Å²) >= 11 is 0. The quantitative estimate of drug-likeness (QED) is 0.311. The molecule has 0 aliphatic carbocycles. The molecule has 108 valence electrons. The zero-order valence-electron chi connectivity index (χ0n) is 11.8. The van der Waals surface area contributed by atoms with Crippen LogP contribution in [-0.2, 0) is 4.74 Å². The Morgan fingerprint density at radius 2 is 1.95 bits per heavy atom. The third-order valence-electron chi connectivity index (χ3n) is 3.35. The number of aromatic nitrogens is 1. The molecule has 0 N–H and O–H groups in total. The molecule has 0 aliphatic heterocycles. The van der Waals surface area contributed by atoms with Crippen molar-refractivity contribution in [2.24, 2.45) is 5.11 Å². The predicted octanol–water partition coefficient (Wildman–Crippen LogP) is 4.36. The van der Waals surface area contributed by atoms with Crippen LogP contribution in [0.1, 0.15) is 10.5 Å². The number of methoxy groups -OCH3 is 1. The Labute approximate surface area is 126 Å². The summed E-state index contributed by atoms with van der Waals surface area (Å²) < 4.78 is 6.68. The lowest BCUT2D eigenvalue weighted by Gasteiger charge is -2.09. The number of rotatable bonds is 3. The van der Waals surface area contributed by atoms with Crippen molar-refractivity contribution >= 4 is 22.6 Å². The molecule has 0 atom stereocenters. The highest BCUT2D eigenvalue weighted by atomic mass is 16.5. The summed E-state index contributed by atoms with van der Waals surface area (Å²) in [6, 6.07) is 16.5. The number of hydrogen-bond donors (Lipinski definition) is 0. The van der Waals surface area contributed by atoms with Crippen molar-refractivity contribution in [3.8, 4) is 5.69 Å². The van der Waals surface area contributed by atoms with Gasteiger partial charge in [0.25, 0.3) is 0 Å². The lowest BCUT2D eigenvalue weighted by Crippen LogP contribution is -2.08. The van der Waals surface area contributed by atoms with Crippen LogP contribution in [0, 0.1) is 0 Å². The SMILES string of the molecule is COC(=O)c1cc2cc(N=[N+]=[N-])ccc2n1-c1ccccc1. The third kappa shape index (κ3) is 2.28. The number of azide groups is 1. The molecule has 6 nitrogen and oxygen atoms in total. The van der Waals surface area contributed by atoms with Crippen molar-refractivity contribution in [1.29, 1.82) is 0 Å². The van der Waals surface area contributed by atoms with E-state index in [1.165, 1.54) is 7.11 Å². The second-order valence-electron chi connectivity index (χ2n) is 4.62. The molecule has 0 amide bonds. The van der Waals surface area contributed by atoms with Gasteiger partial charge in [0, 0.05) is 21.7 Å². The van der Waals surface area contributed by atoms with Gasteiger partial charge >= 0.3 is 5.97 Å². The number of carbonyl (C=O) groups excluding carboxylic acids is 1. The van der Waals surface area contributed by atoms with Gasteiger partial charge in [0.2, 0.25) is 0 Å². The lowest BCUT2D eigenvalue weighted by atomic mass is 10.2. The molecule has 0 saturated carbocycles. The highest BCUT2D eigenvalue weighted by molar-refractivity contribution is 5.97. The van der Waals surface area contributed by atoms with Gasteiger partial charge in [-0.05, 0) is 35.9 Å². The molecule has 0 spiro atoms. The van der Waals surface area contributed by atoms with Gasteiger partial charge in [-0.25, -0.2) is 4.79 Å². The van der Waals surface area contributed by atoms with Crippen LogP contribution in [0.3, 0.4) is 0 Å². The first-order valence-corrected chi connectivity index (χ1v) is 6.59. The molecule has 3 aromatic rings. The molecule has 0 unspecified atom stereocenters. The summed E-state index contributed by atoms with van der Waals surface area (Å²) in [5, 5.41) is 4.39. The molecule has 0 bridgehead atoms. The highest BCUT2D eigenvalue weighted by Crippen LogP contribution is 2.28. The maximum atomic E-state index is 12.1. The number of nitrogens with zero attached hydrogens (tertiary/aromatic N) is 4. The van der Waals surface area contributed by atoms with Gasteiger partial charge in [-0.2, -0.15) is 0 Å². The fraction of sp³-hybridized carbons (Fsp3) is 0.0625. The number of fused-ring (bicyclic) bond motifs is 1. The van der Waals surface area contributed by atoms with Gasteiger partial charge in [-0.1, -0.05) is 29.4 Å². The average Bonchev–Trinajstić information content (AvgIpc) is 2.94. The number of esters is 1. The van der Waals surface area contributed by atoms with Crippen LogP contribution in [0.15, 0.2) is 59.7 Å². The van der Waals surface area contributed by atoms with Crippen LogP contribution in [0.25, 0.3) is 27.0 Å². The van der Waals surface area contributed by atoms with E-state index in [2.05, 4.69) is 10.0 Å². The molecule has 1 aromatic heterocycles. The zero-order chi connectivity index (χ0) is 15.5. The second kappa shape index (κ2) is 5.63. The van der Waals surface area contributed by atoms with Crippen molar-refractivity contribution in [2.45, 2.75) is 0 Å². The molecule has 0 fully saturated rings. The molecule has 22 heavy (non-hydrogen) atoms. The molecule has 0 aliphatic rings. The minimum absolute atomic E-state index is 0.418. The Kier molecular flexibility index (Phi) is 3.52. The monoisotopic (exact) mass is 292 g/mol. The van der Waals surface area contributed by atoms with Gasteiger partial charge in [-0.15, -0.1) is 0 Å². The number of carbonyl (C=O) groups is 1. The summed E-state index contributed by atoms with van der Waals surface area (Å²) in [5.74, 6) is -0.426. The standard InChI is InChI=1S/C16H12N4O2/c1-22-16(21)15-10-11-9-12(18-19-17)7-8-14(11)20(15)13-5-3-2-4-6-13/h2-10H,1H3. The molecule has 6 heteroatoms. The van der Waals surface area contributed by atoms with Crippen LogP contribution >= 0.6 is 0 Å². The summed E-state index contributed by atoms with van der Waals surface area (Å²) in [6.07, 6.45) is 0. The first kappa shape index (κ1) is 13.7. The molecule has 3 rings (SSSR count). The summed E-state index contributed by atoms with van der Waals surface area (Å²) in [6.45, 7) is 0. The van der Waals surface area contributed by atoms with Gasteiger partial charge in [-0.3, -0.25) is 0 Å². The summed E-state index contributed by atoms with van der Waals surface area (Å²) in [7, 11) is 1.35. The first-order valence-electron chi connectivity index (χ1n) is 6.59. The first-order chi connectivity index (χ1) is 10.7. The molecule has 1 heterocycles. The van der Waals surface area contributed by atoms with Crippen LogP contribution < -0.4 is 0 Å². The van der Waals surface area contributed by atoms with Gasteiger partial charge < -0.3 is 9.30 Å². The molecule has 2 aromatic carbocycles. The van der Waals surface area contributed by atoms with Gasteiger partial charge in [0.15, 0.2) is 0 Å². The Bertz CT molecular complexity index is 893. The largest absolute Gasteiger partial charge is 0.464 e. The van der Waals surface area contributed by atoms with Gasteiger partial charge in [0.05, 0.1) is 12.6 Å². The van der Waals surface area contributed by atoms with E-state index in [4.69, 9.17) is 10.3 Å². The second-order valence-corrected chi connectivity index (χ2v) is 4.62. The average molecular weight is 292 g/mol. The minimum atomic E-state index is -0.426.